The first kappa shape index (κ1) is 13.6. The molecule has 1 N–H and O–H groups in total. The maximum atomic E-state index is 4.31. The van der Waals surface area contributed by atoms with Crippen molar-refractivity contribution in [3.63, 3.8) is 0 Å². The minimum absolute atomic E-state index is 0.305. The molecule has 0 spiro atoms. The second kappa shape index (κ2) is 6.30. The van der Waals surface area contributed by atoms with Crippen molar-refractivity contribution < 1.29 is 0 Å². The van der Waals surface area contributed by atoms with Gasteiger partial charge in [0, 0.05) is 36.1 Å². The fourth-order valence-electron chi connectivity index (χ4n) is 1.43. The third kappa shape index (κ3) is 4.58. The van der Waals surface area contributed by atoms with E-state index in [1.165, 1.54) is 5.56 Å². The molecule has 1 aromatic rings. The van der Waals surface area contributed by atoms with Crippen molar-refractivity contribution in [1.29, 1.82) is 0 Å². The molecule has 16 heavy (non-hydrogen) atoms. The lowest BCUT2D eigenvalue weighted by molar-refractivity contribution is 0.586. The van der Waals surface area contributed by atoms with Crippen molar-refractivity contribution in [2.45, 2.75) is 45.0 Å². The molecule has 1 rings (SSSR count). The van der Waals surface area contributed by atoms with Crippen molar-refractivity contribution in [3.05, 3.63) is 18.0 Å². The molecule has 1 heterocycles. The van der Waals surface area contributed by atoms with E-state index in [0.29, 0.717) is 4.75 Å². The van der Waals surface area contributed by atoms with E-state index < -0.39 is 0 Å². The Morgan fingerprint density at radius 2 is 2.25 bits per heavy atom. The SMILES string of the molecule is CCCn1cc(CNCC(C)(C)SC)cn1. The number of hydrogen-bond donors (Lipinski definition) is 1. The minimum atomic E-state index is 0.305. The van der Waals surface area contributed by atoms with Crippen LogP contribution in [0.2, 0.25) is 0 Å². The standard InChI is InChI=1S/C12H23N3S/c1-5-6-15-9-11(8-14-15)7-13-10-12(2,3)16-4/h8-9,13H,5-7,10H2,1-4H3. The topological polar surface area (TPSA) is 29.9 Å². The Hall–Kier alpha value is -0.480. The van der Waals surface area contributed by atoms with Gasteiger partial charge in [-0.1, -0.05) is 6.92 Å². The number of aromatic nitrogens is 2. The lowest BCUT2D eigenvalue weighted by Crippen LogP contribution is -2.31. The van der Waals surface area contributed by atoms with Crippen molar-refractivity contribution >= 4 is 11.8 Å². The monoisotopic (exact) mass is 241 g/mol. The molecule has 0 aliphatic carbocycles. The number of aryl methyl sites for hydroxylation is 1. The molecule has 0 aliphatic heterocycles. The molecule has 0 radical (unpaired) electrons. The Balaban J connectivity index is 2.31. The number of nitrogens with one attached hydrogen (secondary N) is 1. The van der Waals surface area contributed by atoms with E-state index >= 15 is 0 Å². The molecule has 0 aromatic carbocycles. The molecule has 0 saturated heterocycles. The quantitative estimate of drug-likeness (QED) is 0.795. The normalized spacial score (nSPS) is 12.0. The molecule has 0 saturated carbocycles. The first-order valence-corrected chi connectivity index (χ1v) is 7.07. The third-order valence-corrected chi connectivity index (χ3v) is 3.82. The van der Waals surface area contributed by atoms with Crippen LogP contribution in [-0.2, 0) is 13.1 Å². The molecule has 4 heteroatoms. The summed E-state index contributed by atoms with van der Waals surface area (Å²) in [4.78, 5) is 0. The lowest BCUT2D eigenvalue weighted by atomic mass is 10.2. The Labute approximate surface area is 103 Å². The van der Waals surface area contributed by atoms with Gasteiger partial charge in [-0.05, 0) is 26.5 Å². The van der Waals surface area contributed by atoms with Gasteiger partial charge in [0.15, 0.2) is 0 Å². The van der Waals surface area contributed by atoms with Crippen LogP contribution in [0.15, 0.2) is 12.4 Å². The Kier molecular flexibility index (Phi) is 5.35. The minimum Gasteiger partial charge on any atom is -0.311 e. The highest BCUT2D eigenvalue weighted by molar-refractivity contribution is 7.99. The highest BCUT2D eigenvalue weighted by Gasteiger charge is 2.14. The molecule has 0 bridgehead atoms. The van der Waals surface area contributed by atoms with E-state index in [2.05, 4.69) is 43.6 Å². The Morgan fingerprint density at radius 3 is 2.88 bits per heavy atom. The van der Waals surface area contributed by atoms with E-state index in [0.717, 1.165) is 26.1 Å². The van der Waals surface area contributed by atoms with Crippen molar-refractivity contribution in [2.75, 3.05) is 12.8 Å². The number of nitrogens with zero attached hydrogens (tertiary/aromatic N) is 2. The van der Waals surface area contributed by atoms with Gasteiger partial charge in [0.2, 0.25) is 0 Å². The van der Waals surface area contributed by atoms with Crippen LogP contribution in [0.4, 0.5) is 0 Å². The molecule has 0 atom stereocenters. The third-order valence-electron chi connectivity index (χ3n) is 2.57. The van der Waals surface area contributed by atoms with Crippen molar-refractivity contribution in [2.24, 2.45) is 0 Å². The zero-order valence-electron chi connectivity index (χ0n) is 10.8. The number of thioether (sulfide) groups is 1. The van der Waals surface area contributed by atoms with Gasteiger partial charge in [0.1, 0.15) is 0 Å². The fourth-order valence-corrected chi connectivity index (χ4v) is 1.68. The first-order valence-electron chi connectivity index (χ1n) is 5.84. The zero-order chi connectivity index (χ0) is 12.0. The lowest BCUT2D eigenvalue weighted by Gasteiger charge is -2.22. The summed E-state index contributed by atoms with van der Waals surface area (Å²) in [6, 6.07) is 0. The molecular weight excluding hydrogens is 218 g/mol. The van der Waals surface area contributed by atoms with Crippen molar-refractivity contribution in [1.82, 2.24) is 15.1 Å². The van der Waals surface area contributed by atoms with Gasteiger partial charge in [-0.25, -0.2) is 0 Å². The number of rotatable bonds is 7. The predicted octanol–water partition coefficient (Wildman–Crippen LogP) is 2.52. The van der Waals surface area contributed by atoms with Crippen LogP contribution >= 0.6 is 11.8 Å². The van der Waals surface area contributed by atoms with E-state index in [1.54, 1.807) is 0 Å². The molecular formula is C12H23N3S. The molecule has 0 amide bonds. The van der Waals surface area contributed by atoms with Crippen LogP contribution in [0.1, 0.15) is 32.8 Å². The average Bonchev–Trinajstić information content (AvgIpc) is 2.66. The molecule has 3 nitrogen and oxygen atoms in total. The summed E-state index contributed by atoms with van der Waals surface area (Å²) in [6.07, 6.45) is 7.37. The number of hydrogen-bond acceptors (Lipinski definition) is 3. The highest BCUT2D eigenvalue weighted by Crippen LogP contribution is 2.19. The Bertz CT molecular complexity index is 307. The second-order valence-corrected chi connectivity index (χ2v) is 6.19. The maximum Gasteiger partial charge on any atom is 0.0534 e. The second-order valence-electron chi connectivity index (χ2n) is 4.68. The van der Waals surface area contributed by atoms with E-state index in [9.17, 15) is 0 Å². The van der Waals surface area contributed by atoms with Crippen LogP contribution in [-0.4, -0.2) is 27.3 Å². The van der Waals surface area contributed by atoms with E-state index in [4.69, 9.17) is 0 Å². The van der Waals surface area contributed by atoms with Gasteiger partial charge in [0.25, 0.3) is 0 Å². The summed E-state index contributed by atoms with van der Waals surface area (Å²) >= 11 is 1.89. The highest BCUT2D eigenvalue weighted by atomic mass is 32.2. The van der Waals surface area contributed by atoms with Crippen LogP contribution in [0, 0.1) is 0 Å². The molecule has 92 valence electrons. The van der Waals surface area contributed by atoms with E-state index in [1.807, 2.05) is 22.6 Å². The predicted molar refractivity (Wildman–Crippen MR) is 71.8 cm³/mol. The van der Waals surface area contributed by atoms with Crippen LogP contribution in [0.3, 0.4) is 0 Å². The largest absolute Gasteiger partial charge is 0.311 e. The van der Waals surface area contributed by atoms with Gasteiger partial charge in [-0.15, -0.1) is 0 Å². The van der Waals surface area contributed by atoms with Gasteiger partial charge in [-0.3, -0.25) is 4.68 Å². The summed E-state index contributed by atoms with van der Waals surface area (Å²) in [5.41, 5.74) is 1.27. The summed E-state index contributed by atoms with van der Waals surface area (Å²) in [5.74, 6) is 0. The van der Waals surface area contributed by atoms with Crippen LogP contribution in [0.5, 0.6) is 0 Å². The van der Waals surface area contributed by atoms with Gasteiger partial charge in [0.05, 0.1) is 6.20 Å². The van der Waals surface area contributed by atoms with Crippen LogP contribution < -0.4 is 5.32 Å². The van der Waals surface area contributed by atoms with Crippen LogP contribution in [0.25, 0.3) is 0 Å². The molecule has 0 fully saturated rings. The van der Waals surface area contributed by atoms with E-state index in [-0.39, 0.29) is 0 Å². The summed E-state index contributed by atoms with van der Waals surface area (Å²) in [6.45, 7) is 9.62. The first-order chi connectivity index (χ1) is 7.57. The molecule has 0 unspecified atom stereocenters. The zero-order valence-corrected chi connectivity index (χ0v) is 11.6. The van der Waals surface area contributed by atoms with Gasteiger partial charge in [-0.2, -0.15) is 16.9 Å². The van der Waals surface area contributed by atoms with Gasteiger partial charge >= 0.3 is 0 Å². The average molecular weight is 241 g/mol. The maximum absolute atomic E-state index is 4.31. The van der Waals surface area contributed by atoms with Gasteiger partial charge < -0.3 is 5.32 Å². The van der Waals surface area contributed by atoms with Crippen molar-refractivity contribution in [3.8, 4) is 0 Å². The summed E-state index contributed by atoms with van der Waals surface area (Å²) in [7, 11) is 0. The smallest absolute Gasteiger partial charge is 0.0534 e. The Morgan fingerprint density at radius 1 is 1.50 bits per heavy atom. The fraction of sp³-hybridized carbons (Fsp3) is 0.750. The summed E-state index contributed by atoms with van der Waals surface area (Å²) < 4.78 is 2.32. The summed E-state index contributed by atoms with van der Waals surface area (Å²) in [5, 5.41) is 7.79. The molecule has 1 aromatic heterocycles. The molecule has 0 aliphatic rings.